The molecule has 1 heterocycles. The van der Waals surface area contributed by atoms with E-state index in [9.17, 15) is 9.90 Å². The van der Waals surface area contributed by atoms with E-state index in [1.165, 1.54) is 5.56 Å². The lowest BCUT2D eigenvalue weighted by molar-refractivity contribution is 0.0698. The minimum atomic E-state index is -0.939. The quantitative estimate of drug-likeness (QED) is 0.431. The Kier molecular flexibility index (Phi) is 5.43. The van der Waals surface area contributed by atoms with Crippen LogP contribution >= 0.6 is 0 Å². The fourth-order valence-electron chi connectivity index (χ4n) is 3.35. The average Bonchev–Trinajstić information content (AvgIpc) is 3.28. The largest absolute Gasteiger partial charge is 0.478 e. The number of nitrogens with zero attached hydrogens (tertiary/aromatic N) is 1. The normalized spacial score (nSPS) is 10.6. The van der Waals surface area contributed by atoms with Crippen LogP contribution in [-0.4, -0.2) is 15.6 Å². The molecule has 0 bridgehead atoms. The molecular weight excluding hydrogens is 360 g/mol. The zero-order valence-corrected chi connectivity index (χ0v) is 16.0. The van der Waals surface area contributed by atoms with E-state index in [4.69, 9.17) is 0 Å². The van der Waals surface area contributed by atoms with Crippen molar-refractivity contribution < 1.29 is 9.90 Å². The SMILES string of the molecule is O=C(O)c1ccc(CCc2ccccc2)cc1Nc1ccc(-n2cccc2)cc1. The highest BCUT2D eigenvalue weighted by Gasteiger charge is 2.11. The van der Waals surface area contributed by atoms with Gasteiger partial charge in [-0.05, 0) is 72.5 Å². The second-order valence-electron chi connectivity index (χ2n) is 6.93. The van der Waals surface area contributed by atoms with Crippen LogP contribution in [0.4, 0.5) is 11.4 Å². The Hall–Kier alpha value is -3.79. The van der Waals surface area contributed by atoms with Crippen molar-refractivity contribution in [2.45, 2.75) is 12.8 Å². The number of aromatic carboxylic acids is 1. The molecule has 29 heavy (non-hydrogen) atoms. The summed E-state index contributed by atoms with van der Waals surface area (Å²) in [6, 6.07) is 27.7. The summed E-state index contributed by atoms with van der Waals surface area (Å²) in [5.74, 6) is -0.939. The maximum atomic E-state index is 11.7. The van der Waals surface area contributed by atoms with Gasteiger partial charge in [0.25, 0.3) is 0 Å². The van der Waals surface area contributed by atoms with Gasteiger partial charge >= 0.3 is 5.97 Å². The molecule has 144 valence electrons. The molecule has 0 fully saturated rings. The van der Waals surface area contributed by atoms with Crippen LogP contribution in [0.5, 0.6) is 0 Å². The van der Waals surface area contributed by atoms with Gasteiger partial charge in [-0.2, -0.15) is 0 Å². The summed E-state index contributed by atoms with van der Waals surface area (Å²) in [5, 5.41) is 12.8. The molecule has 3 aromatic carbocycles. The van der Waals surface area contributed by atoms with Crippen molar-refractivity contribution >= 4 is 17.3 Å². The molecule has 0 saturated carbocycles. The van der Waals surface area contributed by atoms with Gasteiger partial charge in [0.15, 0.2) is 0 Å². The van der Waals surface area contributed by atoms with Crippen LogP contribution in [0.2, 0.25) is 0 Å². The summed E-state index contributed by atoms with van der Waals surface area (Å²) in [6.07, 6.45) is 5.74. The van der Waals surface area contributed by atoms with Gasteiger partial charge in [0, 0.05) is 23.8 Å². The number of carbonyl (C=O) groups is 1. The topological polar surface area (TPSA) is 54.3 Å². The van der Waals surface area contributed by atoms with Gasteiger partial charge in [0.1, 0.15) is 0 Å². The van der Waals surface area contributed by atoms with Crippen molar-refractivity contribution in [3.63, 3.8) is 0 Å². The van der Waals surface area contributed by atoms with E-state index in [0.717, 1.165) is 29.8 Å². The third-order valence-corrected chi connectivity index (χ3v) is 4.91. The number of nitrogens with one attached hydrogen (secondary N) is 1. The van der Waals surface area contributed by atoms with E-state index in [0.29, 0.717) is 5.69 Å². The van der Waals surface area contributed by atoms with Gasteiger partial charge in [-0.3, -0.25) is 0 Å². The molecule has 4 heteroatoms. The first-order valence-electron chi connectivity index (χ1n) is 9.59. The van der Waals surface area contributed by atoms with Gasteiger partial charge < -0.3 is 15.0 Å². The van der Waals surface area contributed by atoms with Crippen molar-refractivity contribution in [2.24, 2.45) is 0 Å². The monoisotopic (exact) mass is 382 g/mol. The molecule has 2 N–H and O–H groups in total. The molecule has 0 aliphatic heterocycles. The number of aromatic nitrogens is 1. The first kappa shape index (κ1) is 18.6. The first-order valence-corrected chi connectivity index (χ1v) is 9.59. The molecule has 4 aromatic rings. The predicted molar refractivity (Wildman–Crippen MR) is 116 cm³/mol. The smallest absolute Gasteiger partial charge is 0.337 e. The van der Waals surface area contributed by atoms with E-state index < -0.39 is 5.97 Å². The first-order chi connectivity index (χ1) is 14.2. The number of hydrogen-bond acceptors (Lipinski definition) is 2. The Bertz CT molecular complexity index is 1090. The summed E-state index contributed by atoms with van der Waals surface area (Å²) in [5.41, 5.74) is 5.15. The van der Waals surface area contributed by atoms with Crippen molar-refractivity contribution in [1.29, 1.82) is 0 Å². The van der Waals surface area contributed by atoms with E-state index in [2.05, 4.69) is 17.4 Å². The van der Waals surface area contributed by atoms with Gasteiger partial charge in [0.05, 0.1) is 11.3 Å². The summed E-state index contributed by atoms with van der Waals surface area (Å²) >= 11 is 0. The standard InChI is InChI=1S/C25H22N2O2/c28-25(29)23-15-10-20(9-8-19-6-2-1-3-7-19)18-24(23)26-21-11-13-22(14-12-21)27-16-4-5-17-27/h1-7,10-18,26H,8-9H2,(H,28,29). The molecule has 0 aliphatic rings. The lowest BCUT2D eigenvalue weighted by Crippen LogP contribution is -2.04. The number of rotatable bonds is 7. The zero-order valence-electron chi connectivity index (χ0n) is 16.0. The predicted octanol–water partition coefficient (Wildman–Crippen LogP) is 5.70. The fraction of sp³-hybridized carbons (Fsp3) is 0.0800. The lowest BCUT2D eigenvalue weighted by atomic mass is 10.0. The average molecular weight is 382 g/mol. The van der Waals surface area contributed by atoms with E-state index in [-0.39, 0.29) is 5.56 Å². The molecule has 4 nitrogen and oxygen atoms in total. The minimum Gasteiger partial charge on any atom is -0.478 e. The molecule has 0 atom stereocenters. The Morgan fingerprint density at radius 3 is 2.17 bits per heavy atom. The molecular formula is C25H22N2O2. The van der Waals surface area contributed by atoms with Crippen LogP contribution in [-0.2, 0) is 12.8 Å². The van der Waals surface area contributed by atoms with Gasteiger partial charge in [0.2, 0.25) is 0 Å². The second kappa shape index (κ2) is 8.48. The Morgan fingerprint density at radius 1 is 0.793 bits per heavy atom. The minimum absolute atomic E-state index is 0.267. The third kappa shape index (κ3) is 4.55. The number of hydrogen-bond donors (Lipinski definition) is 2. The van der Waals surface area contributed by atoms with Crippen molar-refractivity contribution in [3.8, 4) is 5.69 Å². The lowest BCUT2D eigenvalue weighted by Gasteiger charge is -2.13. The highest BCUT2D eigenvalue weighted by atomic mass is 16.4. The third-order valence-electron chi connectivity index (χ3n) is 4.91. The fourth-order valence-corrected chi connectivity index (χ4v) is 3.35. The highest BCUT2D eigenvalue weighted by molar-refractivity contribution is 5.95. The summed E-state index contributed by atoms with van der Waals surface area (Å²) in [4.78, 5) is 11.7. The Balaban J connectivity index is 1.53. The van der Waals surface area contributed by atoms with Crippen molar-refractivity contribution in [2.75, 3.05) is 5.32 Å². The molecule has 1 aromatic heterocycles. The number of carboxylic acid groups (broad SMARTS) is 1. The van der Waals surface area contributed by atoms with Crippen molar-refractivity contribution in [3.05, 3.63) is 114 Å². The maximum Gasteiger partial charge on any atom is 0.337 e. The number of aryl methyl sites for hydroxylation is 2. The highest BCUT2D eigenvalue weighted by Crippen LogP contribution is 2.24. The maximum absolute atomic E-state index is 11.7. The van der Waals surface area contributed by atoms with Crippen molar-refractivity contribution in [1.82, 2.24) is 4.57 Å². The molecule has 0 saturated heterocycles. The zero-order chi connectivity index (χ0) is 20.1. The molecule has 0 unspecified atom stereocenters. The molecule has 0 aliphatic carbocycles. The van der Waals surface area contributed by atoms with Gasteiger partial charge in [-0.1, -0.05) is 36.4 Å². The molecule has 0 spiro atoms. The molecule has 0 amide bonds. The molecule has 0 radical (unpaired) electrons. The van der Waals surface area contributed by atoms with Gasteiger partial charge in [-0.25, -0.2) is 4.79 Å². The van der Waals surface area contributed by atoms with E-state index in [1.54, 1.807) is 6.07 Å². The van der Waals surface area contributed by atoms with Crippen LogP contribution in [0.25, 0.3) is 5.69 Å². The summed E-state index contributed by atoms with van der Waals surface area (Å²) in [7, 11) is 0. The van der Waals surface area contributed by atoms with Crippen LogP contribution in [0.1, 0.15) is 21.5 Å². The van der Waals surface area contributed by atoms with Crippen LogP contribution in [0, 0.1) is 0 Å². The number of benzene rings is 3. The van der Waals surface area contributed by atoms with Crippen LogP contribution in [0.15, 0.2) is 97.3 Å². The van der Waals surface area contributed by atoms with E-state index in [1.807, 2.05) is 83.7 Å². The number of anilines is 2. The van der Waals surface area contributed by atoms with E-state index >= 15 is 0 Å². The summed E-state index contributed by atoms with van der Waals surface area (Å²) in [6.45, 7) is 0. The van der Waals surface area contributed by atoms with Gasteiger partial charge in [-0.15, -0.1) is 0 Å². The Morgan fingerprint density at radius 2 is 1.48 bits per heavy atom. The van der Waals surface area contributed by atoms with Crippen LogP contribution in [0.3, 0.4) is 0 Å². The number of carboxylic acids is 1. The summed E-state index contributed by atoms with van der Waals surface area (Å²) < 4.78 is 2.02. The van der Waals surface area contributed by atoms with Crippen LogP contribution < -0.4 is 5.32 Å². The molecule has 4 rings (SSSR count). The second-order valence-corrected chi connectivity index (χ2v) is 6.93. The Labute approximate surface area is 170 Å².